The van der Waals surface area contributed by atoms with Gasteiger partial charge in [0, 0.05) is 11.6 Å². The lowest BCUT2D eigenvalue weighted by Crippen LogP contribution is -2.48. The minimum absolute atomic E-state index is 0.0372. The molecule has 0 spiro atoms. The monoisotopic (exact) mass is 522 g/mol. The van der Waals surface area contributed by atoms with Crippen LogP contribution in [0.4, 0.5) is 26.3 Å². The van der Waals surface area contributed by atoms with Crippen LogP contribution in [0.25, 0.3) is 0 Å². The van der Waals surface area contributed by atoms with Crippen molar-refractivity contribution in [1.82, 2.24) is 10.2 Å². The number of hydrogen-bond acceptors (Lipinski definition) is 3. The number of fused-ring (bicyclic) bond motifs is 1. The van der Waals surface area contributed by atoms with E-state index in [0.29, 0.717) is 30.7 Å². The van der Waals surface area contributed by atoms with Crippen LogP contribution < -0.4 is 5.32 Å². The highest BCUT2D eigenvalue weighted by Gasteiger charge is 2.50. The molecule has 1 N–H and O–H groups in total. The van der Waals surface area contributed by atoms with Crippen molar-refractivity contribution in [2.75, 3.05) is 0 Å². The molecule has 11 heteroatoms. The molecule has 194 valence electrons. The number of nitrogens with zero attached hydrogens (tertiary/aromatic N) is 1. The van der Waals surface area contributed by atoms with Gasteiger partial charge in [-0.25, -0.2) is 0 Å². The maximum Gasteiger partial charge on any atom is 0.416 e. The van der Waals surface area contributed by atoms with Gasteiger partial charge in [0.05, 0.1) is 35.9 Å². The zero-order valence-corrected chi connectivity index (χ0v) is 19.1. The highest BCUT2D eigenvalue weighted by atomic mass is 19.4. The minimum Gasteiger partial charge on any atom is -0.467 e. The Balaban J connectivity index is 1.68. The van der Waals surface area contributed by atoms with E-state index in [9.17, 15) is 35.9 Å². The maximum atomic E-state index is 13.7. The zero-order valence-electron chi connectivity index (χ0n) is 19.1. The molecule has 2 unspecified atom stereocenters. The largest absolute Gasteiger partial charge is 0.467 e. The summed E-state index contributed by atoms with van der Waals surface area (Å²) in [6.45, 7) is -0.0506. The van der Waals surface area contributed by atoms with Crippen LogP contribution in [0.1, 0.15) is 63.2 Å². The summed E-state index contributed by atoms with van der Waals surface area (Å²) in [4.78, 5) is 28.3. The molecule has 3 aromatic rings. The number of rotatable bonds is 5. The summed E-state index contributed by atoms with van der Waals surface area (Å²) in [6, 6.07) is 8.82. The normalized spacial score (nSPS) is 20.1. The second-order valence-corrected chi connectivity index (χ2v) is 9.09. The Hall–Kier alpha value is -3.76. The van der Waals surface area contributed by atoms with Gasteiger partial charge in [0.2, 0.25) is 5.91 Å². The smallest absolute Gasteiger partial charge is 0.416 e. The van der Waals surface area contributed by atoms with Gasteiger partial charge < -0.3 is 14.6 Å². The summed E-state index contributed by atoms with van der Waals surface area (Å²) < 4.78 is 87.3. The van der Waals surface area contributed by atoms with Crippen molar-refractivity contribution < 1.29 is 40.3 Å². The Kier molecular flexibility index (Phi) is 6.04. The third kappa shape index (κ3) is 4.82. The predicted octanol–water partition coefficient (Wildman–Crippen LogP) is 6.08. The molecule has 1 saturated carbocycles. The molecule has 37 heavy (non-hydrogen) atoms. The molecule has 0 bridgehead atoms. The first kappa shape index (κ1) is 24.9. The lowest BCUT2D eigenvalue weighted by Gasteiger charge is -2.42. The fourth-order valence-corrected chi connectivity index (χ4v) is 4.79. The highest BCUT2D eigenvalue weighted by molar-refractivity contribution is 6.01. The van der Waals surface area contributed by atoms with Crippen LogP contribution in [0.2, 0.25) is 0 Å². The van der Waals surface area contributed by atoms with E-state index >= 15 is 0 Å². The van der Waals surface area contributed by atoms with Gasteiger partial charge in [0.1, 0.15) is 5.76 Å². The molecule has 2 heterocycles. The van der Waals surface area contributed by atoms with E-state index in [0.717, 1.165) is 0 Å². The number of nitrogens with one attached hydrogen (secondary N) is 1. The van der Waals surface area contributed by atoms with Crippen molar-refractivity contribution in [2.24, 2.45) is 0 Å². The van der Waals surface area contributed by atoms with Gasteiger partial charge in [0.15, 0.2) is 0 Å². The topological polar surface area (TPSA) is 62.6 Å². The molecule has 0 radical (unpaired) electrons. The van der Waals surface area contributed by atoms with Gasteiger partial charge in [-0.3, -0.25) is 9.59 Å². The molecular formula is C26H20F6N2O3. The van der Waals surface area contributed by atoms with Crippen LogP contribution >= 0.6 is 0 Å². The van der Waals surface area contributed by atoms with E-state index in [4.69, 9.17) is 4.42 Å². The van der Waals surface area contributed by atoms with Crippen LogP contribution in [-0.4, -0.2) is 22.8 Å². The molecule has 2 aliphatic rings. The van der Waals surface area contributed by atoms with Gasteiger partial charge in [-0.15, -0.1) is 0 Å². The number of hydrogen-bond donors (Lipinski definition) is 1. The SMILES string of the molecule is O=C(NCc1ccco1)C1c2ccccc2C(=O)N(C2CC2)C1c1cc(C(F)(F)F)cc(C(F)(F)F)c1. The Morgan fingerprint density at radius 1 is 0.946 bits per heavy atom. The number of alkyl halides is 6. The van der Waals surface area contributed by atoms with Crippen molar-refractivity contribution in [1.29, 1.82) is 0 Å². The van der Waals surface area contributed by atoms with E-state index in [2.05, 4.69) is 5.32 Å². The van der Waals surface area contributed by atoms with Gasteiger partial charge in [-0.05, 0) is 60.4 Å². The van der Waals surface area contributed by atoms with Crippen LogP contribution in [0, 0.1) is 0 Å². The third-order valence-corrected chi connectivity index (χ3v) is 6.57. The molecule has 2 atom stereocenters. The molecular weight excluding hydrogens is 502 g/mol. The molecule has 5 rings (SSSR count). The number of benzene rings is 2. The number of carbonyl (C=O) groups is 2. The number of amides is 2. The number of carbonyl (C=O) groups excluding carboxylic acids is 2. The van der Waals surface area contributed by atoms with Crippen molar-refractivity contribution in [3.63, 3.8) is 0 Å². The highest BCUT2D eigenvalue weighted by Crippen LogP contribution is 2.49. The van der Waals surface area contributed by atoms with Gasteiger partial charge in [-0.1, -0.05) is 18.2 Å². The second kappa shape index (κ2) is 8.97. The molecule has 2 aromatic carbocycles. The summed E-state index contributed by atoms with van der Waals surface area (Å²) in [6.07, 6.45) is -7.70. The summed E-state index contributed by atoms with van der Waals surface area (Å²) in [5.41, 5.74) is -3.00. The van der Waals surface area contributed by atoms with Crippen LogP contribution in [0.3, 0.4) is 0 Å². The molecule has 1 aliphatic carbocycles. The van der Waals surface area contributed by atoms with E-state index < -0.39 is 58.9 Å². The third-order valence-electron chi connectivity index (χ3n) is 6.57. The average molecular weight is 522 g/mol. The van der Waals surface area contributed by atoms with E-state index in [-0.39, 0.29) is 23.7 Å². The molecule has 0 saturated heterocycles. The Labute approximate surface area is 207 Å². The Morgan fingerprint density at radius 2 is 1.59 bits per heavy atom. The zero-order chi connectivity index (χ0) is 26.5. The lowest BCUT2D eigenvalue weighted by atomic mass is 9.78. The Morgan fingerprint density at radius 3 is 2.16 bits per heavy atom. The summed E-state index contributed by atoms with van der Waals surface area (Å²) in [7, 11) is 0. The number of furan rings is 1. The van der Waals surface area contributed by atoms with Crippen molar-refractivity contribution in [3.05, 3.63) is 94.4 Å². The summed E-state index contributed by atoms with van der Waals surface area (Å²) >= 11 is 0. The van der Waals surface area contributed by atoms with Crippen LogP contribution in [-0.2, 0) is 23.7 Å². The van der Waals surface area contributed by atoms with Crippen molar-refractivity contribution in [2.45, 2.75) is 49.7 Å². The average Bonchev–Trinajstić information content (AvgIpc) is 3.54. The van der Waals surface area contributed by atoms with Gasteiger partial charge >= 0.3 is 12.4 Å². The molecule has 1 fully saturated rings. The Bertz CT molecular complexity index is 1300. The van der Waals surface area contributed by atoms with Gasteiger partial charge in [-0.2, -0.15) is 26.3 Å². The van der Waals surface area contributed by atoms with Crippen LogP contribution in [0.15, 0.2) is 65.3 Å². The standard InChI is InChI=1S/C26H20F6N2O3/c27-25(28,29)15-10-14(11-16(12-15)26(30,31)32)22-21(23(35)33-13-18-4-3-9-37-18)19-5-1-2-6-20(19)24(36)34(22)17-7-8-17/h1-6,9-12,17,21-22H,7-8,13H2,(H,33,35). The number of halogens is 6. The molecule has 5 nitrogen and oxygen atoms in total. The minimum atomic E-state index is -5.08. The molecule has 2 amide bonds. The van der Waals surface area contributed by atoms with Crippen molar-refractivity contribution >= 4 is 11.8 Å². The quantitative estimate of drug-likeness (QED) is 0.414. The summed E-state index contributed by atoms with van der Waals surface area (Å²) in [5, 5.41) is 2.66. The summed E-state index contributed by atoms with van der Waals surface area (Å²) in [5.74, 6) is -2.04. The van der Waals surface area contributed by atoms with Crippen LogP contribution in [0.5, 0.6) is 0 Å². The first-order chi connectivity index (χ1) is 17.4. The second-order valence-electron chi connectivity index (χ2n) is 9.09. The lowest BCUT2D eigenvalue weighted by molar-refractivity contribution is -0.143. The van der Waals surface area contributed by atoms with E-state index in [1.165, 1.54) is 23.3 Å². The van der Waals surface area contributed by atoms with Crippen molar-refractivity contribution in [3.8, 4) is 0 Å². The molecule has 1 aromatic heterocycles. The first-order valence-electron chi connectivity index (χ1n) is 11.5. The molecule has 1 aliphatic heterocycles. The fourth-order valence-electron chi connectivity index (χ4n) is 4.79. The van der Waals surface area contributed by atoms with E-state index in [1.54, 1.807) is 24.3 Å². The predicted molar refractivity (Wildman–Crippen MR) is 118 cm³/mol. The first-order valence-corrected chi connectivity index (χ1v) is 11.5. The van der Waals surface area contributed by atoms with Gasteiger partial charge in [0.25, 0.3) is 5.91 Å². The maximum absolute atomic E-state index is 13.7. The van der Waals surface area contributed by atoms with E-state index in [1.807, 2.05) is 0 Å². The fraction of sp³-hybridized carbons (Fsp3) is 0.308.